The molecule has 0 aromatic heterocycles. The summed E-state index contributed by atoms with van der Waals surface area (Å²) in [7, 11) is 0. The van der Waals surface area contributed by atoms with Crippen molar-refractivity contribution in [1.29, 1.82) is 0 Å². The molecule has 1 aromatic rings. The van der Waals surface area contributed by atoms with Gasteiger partial charge in [0.1, 0.15) is 5.82 Å². The third-order valence-corrected chi connectivity index (χ3v) is 4.51. The Kier molecular flexibility index (Phi) is 9.06. The zero-order valence-corrected chi connectivity index (χ0v) is 15.3. The Bertz CT molecular complexity index is 513. The van der Waals surface area contributed by atoms with Crippen LogP contribution in [0.2, 0.25) is 0 Å². The molecule has 130 valence electrons. The molecule has 1 aliphatic heterocycles. The molecule has 3 N–H and O–H groups in total. The van der Waals surface area contributed by atoms with Gasteiger partial charge in [0.2, 0.25) is 5.91 Å². The van der Waals surface area contributed by atoms with Crippen LogP contribution in [0.25, 0.3) is 0 Å². The molecule has 1 aliphatic rings. The van der Waals surface area contributed by atoms with Crippen LogP contribution in [0.15, 0.2) is 22.7 Å². The maximum atomic E-state index is 13.7. The molecule has 1 heterocycles. The molecule has 0 aliphatic carbocycles. The molecule has 23 heavy (non-hydrogen) atoms. The fourth-order valence-corrected chi connectivity index (χ4v) is 2.95. The van der Waals surface area contributed by atoms with Crippen LogP contribution in [-0.2, 0) is 16.0 Å². The van der Waals surface area contributed by atoms with Gasteiger partial charge in [0.25, 0.3) is 0 Å². The number of ether oxygens (including phenoxy) is 1. The second-order valence-electron chi connectivity index (χ2n) is 5.61. The molecule has 7 heteroatoms. The first-order valence-electron chi connectivity index (χ1n) is 7.63. The zero-order valence-electron chi connectivity index (χ0n) is 12.9. The molecule has 1 unspecified atom stereocenters. The van der Waals surface area contributed by atoms with Crippen molar-refractivity contribution < 1.29 is 13.9 Å². The number of hydrogen-bond acceptors (Lipinski definition) is 3. The van der Waals surface area contributed by atoms with Gasteiger partial charge < -0.3 is 15.8 Å². The standard InChI is InChI=1S/C16H22BrFN2O2.ClH/c17-13-4-3-11(14(18)10-13)2-1-7-20-16(21)15(19)12-5-8-22-9-6-12;/h3-4,10,12,15H,1-2,5-9,19H2,(H,20,21);1H. The van der Waals surface area contributed by atoms with Crippen molar-refractivity contribution in [2.45, 2.75) is 31.7 Å². The highest BCUT2D eigenvalue weighted by molar-refractivity contribution is 9.10. The van der Waals surface area contributed by atoms with Crippen molar-refractivity contribution in [3.05, 3.63) is 34.1 Å². The number of benzene rings is 1. The smallest absolute Gasteiger partial charge is 0.237 e. The van der Waals surface area contributed by atoms with Gasteiger partial charge in [-0.1, -0.05) is 22.0 Å². The minimum Gasteiger partial charge on any atom is -0.381 e. The Balaban J connectivity index is 0.00000264. The van der Waals surface area contributed by atoms with E-state index in [1.165, 1.54) is 6.07 Å². The Labute approximate surface area is 150 Å². The molecule has 0 radical (unpaired) electrons. The van der Waals surface area contributed by atoms with E-state index >= 15 is 0 Å². The first-order chi connectivity index (χ1) is 10.6. The van der Waals surface area contributed by atoms with Crippen LogP contribution in [0.1, 0.15) is 24.8 Å². The highest BCUT2D eigenvalue weighted by Gasteiger charge is 2.26. The Morgan fingerprint density at radius 2 is 2.13 bits per heavy atom. The lowest BCUT2D eigenvalue weighted by atomic mass is 9.92. The lowest BCUT2D eigenvalue weighted by Crippen LogP contribution is -2.47. The Morgan fingerprint density at radius 3 is 2.78 bits per heavy atom. The predicted octanol–water partition coefficient (Wildman–Crippen LogP) is 2.81. The second-order valence-corrected chi connectivity index (χ2v) is 6.52. The van der Waals surface area contributed by atoms with Crippen molar-refractivity contribution in [3.8, 4) is 0 Å². The van der Waals surface area contributed by atoms with Gasteiger partial charge >= 0.3 is 0 Å². The lowest BCUT2D eigenvalue weighted by molar-refractivity contribution is -0.124. The van der Waals surface area contributed by atoms with E-state index in [2.05, 4.69) is 21.2 Å². The second kappa shape index (κ2) is 10.2. The number of nitrogens with two attached hydrogens (primary N) is 1. The third-order valence-electron chi connectivity index (χ3n) is 4.01. The largest absolute Gasteiger partial charge is 0.381 e. The summed E-state index contributed by atoms with van der Waals surface area (Å²) in [6.07, 6.45) is 2.94. The van der Waals surface area contributed by atoms with Gasteiger partial charge in [-0.25, -0.2) is 4.39 Å². The average Bonchev–Trinajstić information content (AvgIpc) is 2.53. The van der Waals surface area contributed by atoms with Gasteiger partial charge in [-0.3, -0.25) is 4.79 Å². The summed E-state index contributed by atoms with van der Waals surface area (Å²) in [6, 6.07) is 4.55. The first-order valence-corrected chi connectivity index (χ1v) is 8.42. The molecule has 0 saturated carbocycles. The quantitative estimate of drug-likeness (QED) is 0.710. The van der Waals surface area contributed by atoms with Crippen molar-refractivity contribution in [3.63, 3.8) is 0 Å². The number of carbonyl (C=O) groups excluding carboxylic acids is 1. The highest BCUT2D eigenvalue weighted by Crippen LogP contribution is 2.18. The normalized spacial score (nSPS) is 16.5. The molecule has 2 rings (SSSR count). The average molecular weight is 410 g/mol. The van der Waals surface area contributed by atoms with E-state index in [0.717, 1.165) is 17.3 Å². The predicted molar refractivity (Wildman–Crippen MR) is 94.2 cm³/mol. The summed E-state index contributed by atoms with van der Waals surface area (Å²) in [5, 5.41) is 2.84. The summed E-state index contributed by atoms with van der Waals surface area (Å²) in [5.74, 6) is -0.152. The summed E-state index contributed by atoms with van der Waals surface area (Å²) < 4.78 is 19.7. The number of nitrogens with one attached hydrogen (secondary N) is 1. The molecule has 1 aromatic carbocycles. The Morgan fingerprint density at radius 1 is 1.43 bits per heavy atom. The number of carbonyl (C=O) groups is 1. The van der Waals surface area contributed by atoms with E-state index in [0.29, 0.717) is 38.2 Å². The Hall–Kier alpha value is -0.690. The number of halogens is 3. The van der Waals surface area contributed by atoms with Crippen LogP contribution in [0.4, 0.5) is 4.39 Å². The molecule has 0 spiro atoms. The van der Waals surface area contributed by atoms with Gasteiger partial charge in [0.05, 0.1) is 6.04 Å². The van der Waals surface area contributed by atoms with E-state index in [4.69, 9.17) is 10.5 Å². The van der Waals surface area contributed by atoms with Crippen molar-refractivity contribution in [2.75, 3.05) is 19.8 Å². The lowest BCUT2D eigenvalue weighted by Gasteiger charge is -2.26. The highest BCUT2D eigenvalue weighted by atomic mass is 79.9. The summed E-state index contributed by atoms with van der Waals surface area (Å²) in [5.41, 5.74) is 6.65. The molecule has 4 nitrogen and oxygen atoms in total. The van der Waals surface area contributed by atoms with E-state index in [9.17, 15) is 9.18 Å². The van der Waals surface area contributed by atoms with Crippen molar-refractivity contribution in [1.82, 2.24) is 5.32 Å². The summed E-state index contributed by atoms with van der Waals surface area (Å²) >= 11 is 3.23. The van der Waals surface area contributed by atoms with Gasteiger partial charge in [0, 0.05) is 24.2 Å². The maximum Gasteiger partial charge on any atom is 0.237 e. The summed E-state index contributed by atoms with van der Waals surface area (Å²) in [6.45, 7) is 1.86. The molecule has 1 saturated heterocycles. The van der Waals surface area contributed by atoms with E-state index in [-0.39, 0.29) is 30.0 Å². The number of rotatable bonds is 6. The topological polar surface area (TPSA) is 64.4 Å². The van der Waals surface area contributed by atoms with E-state index in [1.807, 2.05) is 6.07 Å². The van der Waals surface area contributed by atoms with E-state index in [1.54, 1.807) is 6.07 Å². The fraction of sp³-hybridized carbons (Fsp3) is 0.562. The maximum absolute atomic E-state index is 13.7. The van der Waals surface area contributed by atoms with Crippen molar-refractivity contribution in [2.24, 2.45) is 11.7 Å². The van der Waals surface area contributed by atoms with Gasteiger partial charge in [-0.2, -0.15) is 0 Å². The monoisotopic (exact) mass is 408 g/mol. The number of hydrogen-bond donors (Lipinski definition) is 2. The molecular formula is C16H23BrClFN2O2. The minimum atomic E-state index is -0.478. The molecule has 0 bridgehead atoms. The van der Waals surface area contributed by atoms with Crippen LogP contribution in [0, 0.1) is 11.7 Å². The minimum absolute atomic E-state index is 0. The van der Waals surface area contributed by atoms with E-state index < -0.39 is 6.04 Å². The SMILES string of the molecule is Cl.NC(C(=O)NCCCc1ccc(Br)cc1F)C1CCOCC1. The molecule has 1 atom stereocenters. The summed E-state index contributed by atoms with van der Waals surface area (Å²) in [4.78, 5) is 12.0. The fourth-order valence-electron chi connectivity index (χ4n) is 2.62. The van der Waals surface area contributed by atoms with Crippen molar-refractivity contribution >= 4 is 34.2 Å². The van der Waals surface area contributed by atoms with Crippen LogP contribution >= 0.6 is 28.3 Å². The van der Waals surface area contributed by atoms with Crippen LogP contribution in [-0.4, -0.2) is 31.7 Å². The molecule has 1 amide bonds. The van der Waals surface area contributed by atoms with Crippen LogP contribution in [0.5, 0.6) is 0 Å². The van der Waals surface area contributed by atoms with Crippen LogP contribution in [0.3, 0.4) is 0 Å². The zero-order chi connectivity index (χ0) is 15.9. The number of amides is 1. The molecular weight excluding hydrogens is 387 g/mol. The van der Waals surface area contributed by atoms with Gasteiger partial charge in [-0.15, -0.1) is 12.4 Å². The van der Waals surface area contributed by atoms with Crippen LogP contribution < -0.4 is 11.1 Å². The van der Waals surface area contributed by atoms with Gasteiger partial charge in [-0.05, 0) is 49.3 Å². The number of aryl methyl sites for hydroxylation is 1. The molecule has 1 fully saturated rings. The first kappa shape index (κ1) is 20.4. The van der Waals surface area contributed by atoms with Gasteiger partial charge in [0.15, 0.2) is 0 Å². The third kappa shape index (κ3) is 6.37.